The molecular formula is C16H22N2S. The van der Waals surface area contributed by atoms with Gasteiger partial charge in [-0.15, -0.1) is 0 Å². The van der Waals surface area contributed by atoms with E-state index >= 15 is 0 Å². The SMILES string of the molecule is S=C(NCCc1ccccc1)N[C@H]1C[C@H]2CC[C@@H]1C2. The van der Waals surface area contributed by atoms with E-state index in [0.29, 0.717) is 6.04 Å². The molecule has 2 nitrogen and oxygen atoms in total. The Morgan fingerprint density at radius 2 is 2.00 bits per heavy atom. The van der Waals surface area contributed by atoms with Gasteiger partial charge in [0.15, 0.2) is 5.11 Å². The summed E-state index contributed by atoms with van der Waals surface area (Å²) >= 11 is 5.40. The topological polar surface area (TPSA) is 24.1 Å². The minimum absolute atomic E-state index is 0.635. The van der Waals surface area contributed by atoms with Crippen molar-refractivity contribution >= 4 is 17.3 Å². The molecule has 0 spiro atoms. The van der Waals surface area contributed by atoms with Crippen molar-refractivity contribution in [2.75, 3.05) is 6.54 Å². The Morgan fingerprint density at radius 1 is 1.16 bits per heavy atom. The standard InChI is InChI=1S/C16H22N2S/c19-16(17-9-8-12-4-2-1-3-5-12)18-15-11-13-6-7-14(15)10-13/h1-5,13-15H,6-11H2,(H2,17,18,19)/t13-,14+,15-/m0/s1. The molecule has 0 aromatic heterocycles. The third-order valence-corrected chi connectivity index (χ3v) is 4.86. The summed E-state index contributed by atoms with van der Waals surface area (Å²) in [5.41, 5.74) is 1.36. The Hall–Kier alpha value is -1.09. The second-order valence-corrected chi connectivity index (χ2v) is 6.33. The Labute approximate surface area is 121 Å². The molecule has 0 saturated heterocycles. The van der Waals surface area contributed by atoms with E-state index in [9.17, 15) is 0 Å². The van der Waals surface area contributed by atoms with E-state index in [1.54, 1.807) is 0 Å². The van der Waals surface area contributed by atoms with E-state index in [2.05, 4.69) is 41.0 Å². The number of fused-ring (bicyclic) bond motifs is 2. The average Bonchev–Trinajstić information content (AvgIpc) is 3.02. The van der Waals surface area contributed by atoms with Gasteiger partial charge in [0.1, 0.15) is 0 Å². The Balaban J connectivity index is 1.38. The van der Waals surface area contributed by atoms with Gasteiger partial charge >= 0.3 is 0 Å². The lowest BCUT2D eigenvalue weighted by molar-refractivity contribution is 0.389. The molecule has 2 bridgehead atoms. The normalized spacial score (nSPS) is 28.3. The summed E-state index contributed by atoms with van der Waals surface area (Å²) in [6, 6.07) is 11.2. The van der Waals surface area contributed by atoms with Crippen molar-refractivity contribution in [1.29, 1.82) is 0 Å². The van der Waals surface area contributed by atoms with E-state index in [4.69, 9.17) is 12.2 Å². The molecule has 2 saturated carbocycles. The van der Waals surface area contributed by atoms with Gasteiger partial charge in [0.2, 0.25) is 0 Å². The molecule has 3 rings (SSSR count). The molecule has 3 atom stereocenters. The van der Waals surface area contributed by atoms with Crippen molar-refractivity contribution < 1.29 is 0 Å². The number of nitrogens with one attached hydrogen (secondary N) is 2. The first-order chi connectivity index (χ1) is 9.31. The van der Waals surface area contributed by atoms with E-state index in [-0.39, 0.29) is 0 Å². The van der Waals surface area contributed by atoms with Crippen molar-refractivity contribution in [3.05, 3.63) is 35.9 Å². The van der Waals surface area contributed by atoms with Crippen molar-refractivity contribution in [3.8, 4) is 0 Å². The predicted molar refractivity (Wildman–Crippen MR) is 83.1 cm³/mol. The Morgan fingerprint density at radius 3 is 2.68 bits per heavy atom. The van der Waals surface area contributed by atoms with E-state index in [0.717, 1.165) is 29.9 Å². The lowest BCUT2D eigenvalue weighted by Gasteiger charge is -2.24. The third kappa shape index (κ3) is 3.27. The number of benzene rings is 1. The average molecular weight is 274 g/mol. The van der Waals surface area contributed by atoms with Crippen LogP contribution in [0.3, 0.4) is 0 Å². The first-order valence-corrected chi connectivity index (χ1v) is 7.80. The summed E-state index contributed by atoms with van der Waals surface area (Å²) in [6.07, 6.45) is 6.61. The van der Waals surface area contributed by atoms with Gasteiger partial charge in [-0.1, -0.05) is 36.8 Å². The fourth-order valence-corrected chi connectivity index (χ4v) is 3.86. The van der Waals surface area contributed by atoms with Crippen LogP contribution in [-0.2, 0) is 6.42 Å². The zero-order valence-electron chi connectivity index (χ0n) is 11.3. The molecule has 102 valence electrons. The molecule has 2 aliphatic carbocycles. The predicted octanol–water partition coefficient (Wildman–Crippen LogP) is 2.88. The lowest BCUT2D eigenvalue weighted by atomic mass is 9.96. The fourth-order valence-electron chi connectivity index (χ4n) is 3.61. The van der Waals surface area contributed by atoms with Crippen LogP contribution in [0.4, 0.5) is 0 Å². The van der Waals surface area contributed by atoms with Gasteiger partial charge in [0.25, 0.3) is 0 Å². The van der Waals surface area contributed by atoms with Crippen LogP contribution in [0.15, 0.2) is 30.3 Å². The number of hydrogen-bond acceptors (Lipinski definition) is 1. The molecule has 2 fully saturated rings. The highest BCUT2D eigenvalue weighted by Gasteiger charge is 2.39. The molecule has 2 N–H and O–H groups in total. The summed E-state index contributed by atoms with van der Waals surface area (Å²) < 4.78 is 0. The van der Waals surface area contributed by atoms with E-state index in [1.165, 1.54) is 31.2 Å². The fraction of sp³-hybridized carbons (Fsp3) is 0.562. The maximum absolute atomic E-state index is 5.40. The molecule has 0 amide bonds. The van der Waals surface area contributed by atoms with Crippen molar-refractivity contribution in [2.24, 2.45) is 11.8 Å². The zero-order chi connectivity index (χ0) is 13.1. The van der Waals surface area contributed by atoms with Gasteiger partial charge < -0.3 is 10.6 Å². The summed E-state index contributed by atoms with van der Waals surface area (Å²) in [5.74, 6) is 1.84. The van der Waals surface area contributed by atoms with Crippen LogP contribution in [0.5, 0.6) is 0 Å². The molecule has 1 aromatic rings. The van der Waals surface area contributed by atoms with Crippen molar-refractivity contribution in [2.45, 2.75) is 38.1 Å². The van der Waals surface area contributed by atoms with Crippen LogP contribution in [0.1, 0.15) is 31.2 Å². The van der Waals surface area contributed by atoms with Crippen LogP contribution < -0.4 is 10.6 Å². The highest BCUT2D eigenvalue weighted by molar-refractivity contribution is 7.80. The number of hydrogen-bond donors (Lipinski definition) is 2. The second-order valence-electron chi connectivity index (χ2n) is 5.92. The summed E-state index contributed by atoms with van der Waals surface area (Å²) in [4.78, 5) is 0. The third-order valence-electron chi connectivity index (χ3n) is 4.60. The molecule has 0 heterocycles. The Kier molecular flexibility index (Phi) is 4.02. The second kappa shape index (κ2) is 5.91. The number of rotatable bonds is 4. The van der Waals surface area contributed by atoms with Gasteiger partial charge in [-0.2, -0.15) is 0 Å². The maximum atomic E-state index is 5.40. The minimum Gasteiger partial charge on any atom is -0.362 e. The highest BCUT2D eigenvalue weighted by atomic mass is 32.1. The van der Waals surface area contributed by atoms with Crippen molar-refractivity contribution in [1.82, 2.24) is 10.6 Å². The molecule has 1 aromatic carbocycles. The van der Waals surface area contributed by atoms with Crippen LogP contribution in [-0.4, -0.2) is 17.7 Å². The summed E-state index contributed by atoms with van der Waals surface area (Å²) in [5, 5.41) is 7.70. The summed E-state index contributed by atoms with van der Waals surface area (Å²) in [6.45, 7) is 0.913. The quantitative estimate of drug-likeness (QED) is 0.826. The molecule has 0 radical (unpaired) electrons. The lowest BCUT2D eigenvalue weighted by Crippen LogP contribution is -2.44. The smallest absolute Gasteiger partial charge is 0.166 e. The number of thiocarbonyl (C=S) groups is 1. The van der Waals surface area contributed by atoms with Gasteiger partial charge in [-0.05, 0) is 55.3 Å². The molecule has 19 heavy (non-hydrogen) atoms. The molecule has 2 aliphatic rings. The zero-order valence-corrected chi connectivity index (χ0v) is 12.1. The maximum Gasteiger partial charge on any atom is 0.166 e. The van der Waals surface area contributed by atoms with Gasteiger partial charge in [0, 0.05) is 12.6 Å². The largest absolute Gasteiger partial charge is 0.362 e. The highest BCUT2D eigenvalue weighted by Crippen LogP contribution is 2.44. The van der Waals surface area contributed by atoms with Crippen LogP contribution in [0, 0.1) is 11.8 Å². The van der Waals surface area contributed by atoms with Crippen LogP contribution in [0.25, 0.3) is 0 Å². The molecule has 0 unspecified atom stereocenters. The van der Waals surface area contributed by atoms with Gasteiger partial charge in [0.05, 0.1) is 0 Å². The minimum atomic E-state index is 0.635. The van der Waals surface area contributed by atoms with Gasteiger partial charge in [-0.3, -0.25) is 0 Å². The van der Waals surface area contributed by atoms with E-state index < -0.39 is 0 Å². The summed E-state index contributed by atoms with van der Waals surface area (Å²) in [7, 11) is 0. The van der Waals surface area contributed by atoms with Gasteiger partial charge in [-0.25, -0.2) is 0 Å². The van der Waals surface area contributed by atoms with Crippen LogP contribution >= 0.6 is 12.2 Å². The molecular weight excluding hydrogens is 252 g/mol. The molecule has 3 heteroatoms. The molecule has 0 aliphatic heterocycles. The first kappa shape index (κ1) is 12.9. The Bertz CT molecular complexity index is 432. The van der Waals surface area contributed by atoms with Crippen molar-refractivity contribution in [3.63, 3.8) is 0 Å². The van der Waals surface area contributed by atoms with Crippen LogP contribution in [0.2, 0.25) is 0 Å². The van der Waals surface area contributed by atoms with E-state index in [1.807, 2.05) is 0 Å². The monoisotopic (exact) mass is 274 g/mol. The first-order valence-electron chi connectivity index (χ1n) is 7.39.